The normalized spacial score (nSPS) is 11.9. The lowest BCUT2D eigenvalue weighted by Gasteiger charge is -2.19. The van der Waals surface area contributed by atoms with Gasteiger partial charge in [-0.1, -0.05) is 19.1 Å². The third-order valence-electron chi connectivity index (χ3n) is 4.17. The van der Waals surface area contributed by atoms with Crippen LogP contribution in [0.1, 0.15) is 18.2 Å². The van der Waals surface area contributed by atoms with Gasteiger partial charge in [0.25, 0.3) is 0 Å². The summed E-state index contributed by atoms with van der Waals surface area (Å²) in [5.74, 6) is -0.509. The predicted molar refractivity (Wildman–Crippen MR) is 104 cm³/mol. The van der Waals surface area contributed by atoms with Gasteiger partial charge in [-0.2, -0.15) is 13.2 Å². The lowest BCUT2D eigenvalue weighted by molar-refractivity contribution is -0.137. The van der Waals surface area contributed by atoms with Gasteiger partial charge in [0.1, 0.15) is 5.65 Å². The Morgan fingerprint density at radius 3 is 2.68 bits per heavy atom. The molecular formula is C19H18BrF3N4O. The summed E-state index contributed by atoms with van der Waals surface area (Å²) in [5.41, 5.74) is 0.437. The average Bonchev–Trinajstić information content (AvgIpc) is 3.02. The number of benzene rings is 1. The van der Waals surface area contributed by atoms with Gasteiger partial charge in [-0.3, -0.25) is 9.69 Å². The number of fused-ring (bicyclic) bond motifs is 1. The number of para-hydroxylation sites is 1. The molecule has 0 fully saturated rings. The number of hydrogen-bond donors (Lipinski definition) is 1. The van der Waals surface area contributed by atoms with Crippen LogP contribution in [0.4, 0.5) is 18.9 Å². The van der Waals surface area contributed by atoms with Gasteiger partial charge in [-0.05, 0) is 46.7 Å². The number of pyridine rings is 1. The van der Waals surface area contributed by atoms with Gasteiger partial charge in [-0.15, -0.1) is 0 Å². The smallest absolute Gasteiger partial charge is 0.324 e. The fourth-order valence-corrected chi connectivity index (χ4v) is 3.19. The van der Waals surface area contributed by atoms with Crippen molar-refractivity contribution >= 4 is 33.2 Å². The Bertz CT molecular complexity index is 987. The van der Waals surface area contributed by atoms with E-state index in [1.165, 1.54) is 18.2 Å². The van der Waals surface area contributed by atoms with Crippen molar-refractivity contribution in [1.29, 1.82) is 0 Å². The van der Waals surface area contributed by atoms with Crippen molar-refractivity contribution in [3.63, 3.8) is 0 Å². The molecule has 0 atom stereocenters. The first-order chi connectivity index (χ1) is 13.3. The van der Waals surface area contributed by atoms with Crippen molar-refractivity contribution in [2.45, 2.75) is 19.6 Å². The number of amides is 1. The molecule has 0 unspecified atom stereocenters. The highest BCUT2D eigenvalue weighted by atomic mass is 79.9. The molecular weight excluding hydrogens is 437 g/mol. The van der Waals surface area contributed by atoms with Gasteiger partial charge in [0.15, 0.2) is 0 Å². The molecule has 0 spiro atoms. The molecule has 3 aromatic rings. The summed E-state index contributed by atoms with van der Waals surface area (Å²) >= 11 is 3.40. The van der Waals surface area contributed by atoms with Crippen LogP contribution < -0.4 is 5.32 Å². The molecule has 0 aliphatic rings. The maximum absolute atomic E-state index is 13.1. The topological polar surface area (TPSA) is 49.6 Å². The van der Waals surface area contributed by atoms with Crippen LogP contribution in [-0.4, -0.2) is 33.3 Å². The van der Waals surface area contributed by atoms with Crippen molar-refractivity contribution < 1.29 is 18.0 Å². The molecule has 2 aromatic heterocycles. The van der Waals surface area contributed by atoms with E-state index in [-0.39, 0.29) is 12.2 Å². The summed E-state index contributed by atoms with van der Waals surface area (Å²) in [6, 6.07) is 8.69. The molecule has 2 heterocycles. The number of carbonyl (C=O) groups excluding carboxylic acids is 1. The summed E-state index contributed by atoms with van der Waals surface area (Å²) < 4.78 is 42.0. The van der Waals surface area contributed by atoms with Crippen molar-refractivity contribution in [2.24, 2.45) is 0 Å². The first kappa shape index (κ1) is 20.3. The van der Waals surface area contributed by atoms with Crippen LogP contribution in [0.5, 0.6) is 0 Å². The largest absolute Gasteiger partial charge is 0.418 e. The number of aromatic nitrogens is 2. The molecule has 3 rings (SSSR count). The summed E-state index contributed by atoms with van der Waals surface area (Å²) in [4.78, 5) is 18.6. The molecule has 0 saturated carbocycles. The van der Waals surface area contributed by atoms with Gasteiger partial charge in [0.05, 0.1) is 23.5 Å². The molecule has 148 valence electrons. The standard InChI is InChI=1S/C19H18BrF3N4O/c1-2-26(10-14-11-27-9-13(20)7-8-17(27)24-14)12-18(28)25-16-6-4-3-5-15(16)19(21,22)23/h3-9,11H,2,10,12H2,1H3,(H,25,28). The number of imidazole rings is 1. The highest BCUT2D eigenvalue weighted by Gasteiger charge is 2.33. The zero-order valence-corrected chi connectivity index (χ0v) is 16.6. The van der Waals surface area contributed by atoms with Gasteiger partial charge in [0, 0.05) is 23.4 Å². The molecule has 0 aliphatic carbocycles. The van der Waals surface area contributed by atoms with E-state index in [9.17, 15) is 18.0 Å². The number of nitrogens with one attached hydrogen (secondary N) is 1. The quantitative estimate of drug-likeness (QED) is 0.593. The van der Waals surface area contributed by atoms with E-state index in [0.29, 0.717) is 13.1 Å². The van der Waals surface area contributed by atoms with Gasteiger partial charge in [0.2, 0.25) is 5.91 Å². The lowest BCUT2D eigenvalue weighted by atomic mass is 10.1. The second-order valence-electron chi connectivity index (χ2n) is 6.24. The Labute approximate surface area is 168 Å². The first-order valence-electron chi connectivity index (χ1n) is 8.58. The lowest BCUT2D eigenvalue weighted by Crippen LogP contribution is -2.33. The van der Waals surface area contributed by atoms with Crippen LogP contribution >= 0.6 is 15.9 Å². The Morgan fingerprint density at radius 2 is 1.96 bits per heavy atom. The number of halogens is 4. The van der Waals surface area contributed by atoms with Crippen LogP contribution in [0.25, 0.3) is 5.65 Å². The van der Waals surface area contributed by atoms with E-state index in [4.69, 9.17) is 0 Å². The number of hydrogen-bond acceptors (Lipinski definition) is 3. The number of carbonyl (C=O) groups is 1. The summed E-state index contributed by atoms with van der Waals surface area (Å²) in [6.45, 7) is 2.79. The van der Waals surface area contributed by atoms with Crippen molar-refractivity contribution in [2.75, 3.05) is 18.4 Å². The summed E-state index contributed by atoms with van der Waals surface area (Å²) in [6.07, 6.45) is -0.790. The van der Waals surface area contributed by atoms with Crippen LogP contribution in [0, 0.1) is 0 Å². The molecule has 1 amide bonds. The molecule has 1 N–H and O–H groups in total. The average molecular weight is 455 g/mol. The van der Waals surface area contributed by atoms with E-state index in [1.54, 1.807) is 0 Å². The van der Waals surface area contributed by atoms with Gasteiger partial charge < -0.3 is 9.72 Å². The van der Waals surface area contributed by atoms with Crippen LogP contribution in [0.15, 0.2) is 53.3 Å². The second-order valence-corrected chi connectivity index (χ2v) is 7.16. The molecule has 28 heavy (non-hydrogen) atoms. The third kappa shape index (κ3) is 4.90. The van der Waals surface area contributed by atoms with E-state index in [1.807, 2.05) is 40.8 Å². The maximum Gasteiger partial charge on any atom is 0.418 e. The fraction of sp³-hybridized carbons (Fsp3) is 0.263. The molecule has 0 saturated heterocycles. The molecule has 0 bridgehead atoms. The van der Waals surface area contributed by atoms with Crippen LogP contribution in [0.2, 0.25) is 0 Å². The Kier molecular flexibility index (Phi) is 6.04. The van der Waals surface area contributed by atoms with Gasteiger partial charge >= 0.3 is 6.18 Å². The highest BCUT2D eigenvalue weighted by molar-refractivity contribution is 9.10. The maximum atomic E-state index is 13.1. The first-order valence-corrected chi connectivity index (χ1v) is 9.37. The zero-order chi connectivity index (χ0) is 20.3. The van der Waals surface area contributed by atoms with Crippen molar-refractivity contribution in [3.8, 4) is 0 Å². The van der Waals surface area contributed by atoms with E-state index >= 15 is 0 Å². The molecule has 1 aromatic carbocycles. The summed E-state index contributed by atoms with van der Waals surface area (Å²) in [7, 11) is 0. The molecule has 9 heteroatoms. The highest BCUT2D eigenvalue weighted by Crippen LogP contribution is 2.34. The number of likely N-dealkylation sites (N-methyl/N-ethyl adjacent to an activating group) is 1. The predicted octanol–water partition coefficient (Wildman–Crippen LogP) is 4.58. The van der Waals surface area contributed by atoms with Crippen LogP contribution in [-0.2, 0) is 17.5 Å². The minimum atomic E-state index is -4.53. The molecule has 0 radical (unpaired) electrons. The zero-order valence-electron chi connectivity index (χ0n) is 15.0. The second kappa shape index (κ2) is 8.32. The van der Waals surface area contributed by atoms with Crippen molar-refractivity contribution in [3.05, 3.63) is 64.5 Å². The van der Waals surface area contributed by atoms with Gasteiger partial charge in [-0.25, -0.2) is 4.98 Å². The van der Waals surface area contributed by atoms with Crippen LogP contribution in [0.3, 0.4) is 0 Å². The minimum Gasteiger partial charge on any atom is -0.324 e. The summed E-state index contributed by atoms with van der Waals surface area (Å²) in [5, 5.41) is 2.37. The van der Waals surface area contributed by atoms with Crippen molar-refractivity contribution in [1.82, 2.24) is 14.3 Å². The SMILES string of the molecule is CCN(CC(=O)Nc1ccccc1C(F)(F)F)Cc1cn2cc(Br)ccc2n1. The fourth-order valence-electron chi connectivity index (χ4n) is 2.83. The number of nitrogens with zero attached hydrogens (tertiary/aromatic N) is 3. The molecule has 5 nitrogen and oxygen atoms in total. The minimum absolute atomic E-state index is 0.0414. The Morgan fingerprint density at radius 1 is 1.21 bits per heavy atom. The Hall–Kier alpha value is -2.39. The van der Waals surface area contributed by atoms with E-state index < -0.39 is 17.6 Å². The van der Waals surface area contributed by atoms with E-state index in [2.05, 4.69) is 26.2 Å². The third-order valence-corrected chi connectivity index (χ3v) is 4.64. The number of anilines is 1. The Balaban J connectivity index is 1.68. The monoisotopic (exact) mass is 454 g/mol. The number of rotatable bonds is 6. The number of alkyl halides is 3. The molecule has 0 aliphatic heterocycles. The van der Waals surface area contributed by atoms with E-state index in [0.717, 1.165) is 21.9 Å².